The van der Waals surface area contributed by atoms with E-state index in [0.29, 0.717) is 32.5 Å². The zero-order valence-electron chi connectivity index (χ0n) is 10.5. The third-order valence-corrected chi connectivity index (χ3v) is 3.58. The van der Waals surface area contributed by atoms with Gasteiger partial charge in [-0.1, -0.05) is 12.1 Å². The largest absolute Gasteiger partial charge is 0.497 e. The maximum atomic E-state index is 11.5. The standard InChI is InChI=1S/C14H18O4/c1-17-12-4-2-3-11(9-12)10-14(13(15)16)5-7-18-8-6-14/h2-4,9H,5-8,10H2,1H3,(H,15,16). The molecule has 2 rings (SSSR count). The first-order valence-corrected chi connectivity index (χ1v) is 6.10. The van der Waals surface area contributed by atoms with E-state index >= 15 is 0 Å². The van der Waals surface area contributed by atoms with E-state index in [1.165, 1.54) is 0 Å². The number of aliphatic carboxylic acids is 1. The van der Waals surface area contributed by atoms with Gasteiger partial charge < -0.3 is 14.6 Å². The third-order valence-electron chi connectivity index (χ3n) is 3.58. The highest BCUT2D eigenvalue weighted by Gasteiger charge is 2.40. The van der Waals surface area contributed by atoms with Crippen molar-refractivity contribution in [3.63, 3.8) is 0 Å². The van der Waals surface area contributed by atoms with E-state index in [1.807, 2.05) is 24.3 Å². The van der Waals surface area contributed by atoms with Gasteiger partial charge in [0.15, 0.2) is 0 Å². The van der Waals surface area contributed by atoms with Gasteiger partial charge in [-0.25, -0.2) is 0 Å². The number of carboxylic acids is 1. The second-order valence-corrected chi connectivity index (χ2v) is 4.73. The molecule has 1 saturated heterocycles. The highest BCUT2D eigenvalue weighted by Crippen LogP contribution is 2.35. The van der Waals surface area contributed by atoms with E-state index < -0.39 is 11.4 Å². The molecule has 0 unspecified atom stereocenters. The molecule has 98 valence electrons. The Labute approximate surface area is 107 Å². The number of rotatable bonds is 4. The molecule has 0 amide bonds. The summed E-state index contributed by atoms with van der Waals surface area (Å²) < 4.78 is 10.4. The molecule has 1 aromatic carbocycles. The van der Waals surface area contributed by atoms with Gasteiger partial charge in [0.25, 0.3) is 0 Å². The third kappa shape index (κ3) is 2.64. The Bertz CT molecular complexity index is 422. The summed E-state index contributed by atoms with van der Waals surface area (Å²) in [5.74, 6) is 0.0359. The van der Waals surface area contributed by atoms with E-state index in [1.54, 1.807) is 7.11 Å². The molecule has 0 bridgehead atoms. The fourth-order valence-electron chi connectivity index (χ4n) is 2.40. The first-order chi connectivity index (χ1) is 8.66. The summed E-state index contributed by atoms with van der Waals surface area (Å²) in [6, 6.07) is 7.60. The molecule has 1 fully saturated rings. The second kappa shape index (κ2) is 5.40. The van der Waals surface area contributed by atoms with Gasteiger partial charge in [0, 0.05) is 13.2 Å². The number of hydrogen-bond acceptors (Lipinski definition) is 3. The van der Waals surface area contributed by atoms with E-state index in [0.717, 1.165) is 11.3 Å². The Hall–Kier alpha value is -1.55. The zero-order valence-corrected chi connectivity index (χ0v) is 10.5. The number of hydrogen-bond donors (Lipinski definition) is 1. The number of benzene rings is 1. The van der Waals surface area contributed by atoms with Crippen molar-refractivity contribution in [1.82, 2.24) is 0 Å². The van der Waals surface area contributed by atoms with Crippen LogP contribution in [-0.4, -0.2) is 31.4 Å². The fraction of sp³-hybridized carbons (Fsp3) is 0.500. The van der Waals surface area contributed by atoms with E-state index in [2.05, 4.69) is 0 Å². The topological polar surface area (TPSA) is 55.8 Å². The van der Waals surface area contributed by atoms with Crippen LogP contribution in [0.4, 0.5) is 0 Å². The maximum Gasteiger partial charge on any atom is 0.310 e. The van der Waals surface area contributed by atoms with Crippen LogP contribution in [0.2, 0.25) is 0 Å². The predicted molar refractivity (Wildman–Crippen MR) is 66.8 cm³/mol. The quantitative estimate of drug-likeness (QED) is 0.889. The number of carbonyl (C=O) groups is 1. The first kappa shape index (κ1) is 12.9. The van der Waals surface area contributed by atoms with Crippen LogP contribution in [0, 0.1) is 5.41 Å². The Morgan fingerprint density at radius 1 is 1.44 bits per heavy atom. The van der Waals surface area contributed by atoms with Crippen LogP contribution < -0.4 is 4.74 Å². The van der Waals surface area contributed by atoms with Gasteiger partial charge in [-0.15, -0.1) is 0 Å². The molecular formula is C14H18O4. The maximum absolute atomic E-state index is 11.5. The van der Waals surface area contributed by atoms with Gasteiger partial charge in [0.2, 0.25) is 0 Å². The summed E-state index contributed by atoms with van der Waals surface area (Å²) in [6.07, 6.45) is 1.67. The molecule has 1 aromatic rings. The number of ether oxygens (including phenoxy) is 2. The molecule has 1 heterocycles. The summed E-state index contributed by atoms with van der Waals surface area (Å²) in [5, 5.41) is 9.49. The van der Waals surface area contributed by atoms with Crippen LogP contribution in [0.1, 0.15) is 18.4 Å². The van der Waals surface area contributed by atoms with Gasteiger partial charge >= 0.3 is 5.97 Å². The summed E-state index contributed by atoms with van der Waals surface area (Å²) in [4.78, 5) is 11.5. The SMILES string of the molecule is COc1cccc(CC2(C(=O)O)CCOCC2)c1. The van der Waals surface area contributed by atoms with Crippen LogP contribution in [0.3, 0.4) is 0 Å². The molecule has 18 heavy (non-hydrogen) atoms. The lowest BCUT2D eigenvalue weighted by Gasteiger charge is -2.33. The molecule has 0 saturated carbocycles. The van der Waals surface area contributed by atoms with E-state index in [-0.39, 0.29) is 0 Å². The van der Waals surface area contributed by atoms with Gasteiger partial charge in [0.1, 0.15) is 5.75 Å². The van der Waals surface area contributed by atoms with Crippen LogP contribution in [0.5, 0.6) is 5.75 Å². The summed E-state index contributed by atoms with van der Waals surface area (Å²) in [6.45, 7) is 1.05. The molecule has 0 spiro atoms. The zero-order chi connectivity index (χ0) is 13.0. The summed E-state index contributed by atoms with van der Waals surface area (Å²) in [7, 11) is 1.61. The second-order valence-electron chi connectivity index (χ2n) is 4.73. The van der Waals surface area contributed by atoms with Crippen molar-refractivity contribution in [2.24, 2.45) is 5.41 Å². The minimum absolute atomic E-state index is 0.524. The van der Waals surface area contributed by atoms with Crippen molar-refractivity contribution in [3.05, 3.63) is 29.8 Å². The number of carboxylic acid groups (broad SMARTS) is 1. The monoisotopic (exact) mass is 250 g/mol. The van der Waals surface area contributed by atoms with Gasteiger partial charge in [-0.3, -0.25) is 4.79 Å². The molecule has 0 atom stereocenters. The summed E-state index contributed by atoms with van der Waals surface area (Å²) >= 11 is 0. The predicted octanol–water partition coefficient (Wildman–Crippen LogP) is 2.12. The summed E-state index contributed by atoms with van der Waals surface area (Å²) in [5.41, 5.74) is 0.309. The molecule has 4 nitrogen and oxygen atoms in total. The Kier molecular flexibility index (Phi) is 3.87. The Balaban J connectivity index is 2.20. The van der Waals surface area contributed by atoms with Crippen molar-refractivity contribution in [2.45, 2.75) is 19.3 Å². The van der Waals surface area contributed by atoms with Crippen molar-refractivity contribution in [1.29, 1.82) is 0 Å². The van der Waals surface area contributed by atoms with Crippen molar-refractivity contribution in [3.8, 4) is 5.75 Å². The van der Waals surface area contributed by atoms with Crippen LogP contribution in [-0.2, 0) is 16.0 Å². The molecule has 0 aliphatic carbocycles. The Morgan fingerprint density at radius 3 is 2.78 bits per heavy atom. The minimum atomic E-state index is -0.728. The molecule has 4 heteroatoms. The normalized spacial score (nSPS) is 18.3. The minimum Gasteiger partial charge on any atom is -0.497 e. The average Bonchev–Trinajstić information content (AvgIpc) is 2.40. The van der Waals surface area contributed by atoms with Gasteiger partial charge in [-0.05, 0) is 37.0 Å². The molecule has 1 N–H and O–H groups in total. The fourth-order valence-corrected chi connectivity index (χ4v) is 2.40. The lowest BCUT2D eigenvalue weighted by molar-refractivity contribution is -0.154. The van der Waals surface area contributed by atoms with Crippen LogP contribution in [0.25, 0.3) is 0 Å². The highest BCUT2D eigenvalue weighted by atomic mass is 16.5. The van der Waals surface area contributed by atoms with E-state index in [9.17, 15) is 9.90 Å². The molecule has 0 aromatic heterocycles. The lowest BCUT2D eigenvalue weighted by Crippen LogP contribution is -2.39. The molecule has 0 radical (unpaired) electrons. The molecule has 1 aliphatic rings. The highest BCUT2D eigenvalue weighted by molar-refractivity contribution is 5.75. The van der Waals surface area contributed by atoms with Gasteiger partial charge in [0.05, 0.1) is 12.5 Å². The van der Waals surface area contributed by atoms with Crippen LogP contribution in [0.15, 0.2) is 24.3 Å². The van der Waals surface area contributed by atoms with Crippen molar-refractivity contribution >= 4 is 5.97 Å². The van der Waals surface area contributed by atoms with E-state index in [4.69, 9.17) is 9.47 Å². The molecule has 1 aliphatic heterocycles. The average molecular weight is 250 g/mol. The van der Waals surface area contributed by atoms with Crippen molar-refractivity contribution in [2.75, 3.05) is 20.3 Å². The number of methoxy groups -OCH3 is 1. The molecular weight excluding hydrogens is 232 g/mol. The Morgan fingerprint density at radius 2 is 2.17 bits per heavy atom. The van der Waals surface area contributed by atoms with Crippen LogP contribution >= 0.6 is 0 Å². The smallest absolute Gasteiger partial charge is 0.310 e. The van der Waals surface area contributed by atoms with Gasteiger partial charge in [-0.2, -0.15) is 0 Å². The first-order valence-electron chi connectivity index (χ1n) is 6.10. The lowest BCUT2D eigenvalue weighted by atomic mass is 9.75. The van der Waals surface area contributed by atoms with Crippen molar-refractivity contribution < 1.29 is 19.4 Å².